The Kier molecular flexibility index (Phi) is 7.86. The van der Waals surface area contributed by atoms with Crippen LogP contribution in [0.2, 0.25) is 0 Å². The predicted molar refractivity (Wildman–Crippen MR) is 142 cm³/mol. The number of benzene rings is 2. The normalized spacial score (nSPS) is 13.6. The van der Waals surface area contributed by atoms with Gasteiger partial charge in [0.25, 0.3) is 11.8 Å². The van der Waals surface area contributed by atoms with E-state index in [9.17, 15) is 19.2 Å². The highest BCUT2D eigenvalue weighted by atomic mass is 16.7. The zero-order valence-electron chi connectivity index (χ0n) is 21.3. The minimum atomic E-state index is -0.791. The summed E-state index contributed by atoms with van der Waals surface area (Å²) in [6, 6.07) is 12.4. The zero-order chi connectivity index (χ0) is 26.5. The number of amides is 2. The molecule has 1 fully saturated rings. The van der Waals surface area contributed by atoms with Crippen molar-refractivity contribution in [1.29, 1.82) is 0 Å². The molecule has 37 heavy (non-hydrogen) atoms. The number of rotatable bonds is 9. The van der Waals surface area contributed by atoms with Crippen LogP contribution in [0.15, 0.2) is 51.7 Å². The van der Waals surface area contributed by atoms with Gasteiger partial charge in [-0.3, -0.25) is 9.59 Å². The van der Waals surface area contributed by atoms with E-state index < -0.39 is 23.4 Å². The summed E-state index contributed by atoms with van der Waals surface area (Å²) in [6.07, 6.45) is 5.59. The van der Waals surface area contributed by atoms with Gasteiger partial charge in [0.2, 0.25) is 0 Å². The number of imide groups is 1. The molecule has 3 aromatic rings. The molecule has 0 radical (unpaired) electrons. The van der Waals surface area contributed by atoms with Gasteiger partial charge in [0, 0.05) is 43.1 Å². The lowest BCUT2D eigenvalue weighted by Gasteiger charge is -2.24. The summed E-state index contributed by atoms with van der Waals surface area (Å²) in [5.74, 6) is -1.85. The first-order valence-electron chi connectivity index (χ1n) is 12.5. The van der Waals surface area contributed by atoms with E-state index in [0.717, 1.165) is 48.1 Å². The third kappa shape index (κ3) is 5.63. The number of hydrogen-bond acceptors (Lipinski definition) is 7. The Hall–Kier alpha value is -4.20. The van der Waals surface area contributed by atoms with Crippen molar-refractivity contribution < 1.29 is 23.6 Å². The van der Waals surface area contributed by atoms with Crippen LogP contribution in [0.3, 0.4) is 0 Å². The second-order valence-electron chi connectivity index (χ2n) is 9.01. The molecule has 1 aliphatic heterocycles. The summed E-state index contributed by atoms with van der Waals surface area (Å²) in [4.78, 5) is 55.6. The lowest BCUT2D eigenvalue weighted by atomic mass is 10.0. The first-order chi connectivity index (χ1) is 17.8. The van der Waals surface area contributed by atoms with Gasteiger partial charge in [0.15, 0.2) is 0 Å². The van der Waals surface area contributed by atoms with Crippen molar-refractivity contribution in [2.75, 3.05) is 18.0 Å². The Balaban J connectivity index is 1.53. The molecular weight excluding hydrogens is 472 g/mol. The molecular formula is C29H30N2O6. The number of carbonyl (C=O) groups excluding carboxylic acids is 3. The van der Waals surface area contributed by atoms with Crippen molar-refractivity contribution in [3.05, 3.63) is 75.1 Å². The molecule has 0 unspecified atom stereocenters. The van der Waals surface area contributed by atoms with E-state index in [-0.39, 0.29) is 18.4 Å². The molecule has 1 saturated heterocycles. The first kappa shape index (κ1) is 25.9. The van der Waals surface area contributed by atoms with Gasteiger partial charge >= 0.3 is 11.6 Å². The maximum absolute atomic E-state index is 12.8. The summed E-state index contributed by atoms with van der Waals surface area (Å²) in [6.45, 7) is 8.06. The number of hydroxylamine groups is 2. The second kappa shape index (κ2) is 11.2. The Labute approximate surface area is 215 Å². The molecule has 0 bridgehead atoms. The molecule has 4 rings (SSSR count). The topological polar surface area (TPSA) is 97.1 Å². The largest absolute Gasteiger partial charge is 0.422 e. The van der Waals surface area contributed by atoms with E-state index in [1.54, 1.807) is 24.3 Å². The van der Waals surface area contributed by atoms with E-state index in [0.29, 0.717) is 16.2 Å². The Bertz CT molecular complexity index is 1400. The van der Waals surface area contributed by atoms with E-state index >= 15 is 0 Å². The molecule has 8 heteroatoms. The fourth-order valence-electron chi connectivity index (χ4n) is 4.36. The fraction of sp³-hybridized carbons (Fsp3) is 0.310. The van der Waals surface area contributed by atoms with Crippen LogP contribution < -0.4 is 10.5 Å². The van der Waals surface area contributed by atoms with Crippen LogP contribution in [0.4, 0.5) is 5.69 Å². The van der Waals surface area contributed by atoms with Crippen LogP contribution in [0.25, 0.3) is 23.1 Å². The Morgan fingerprint density at radius 3 is 2.24 bits per heavy atom. The fourth-order valence-corrected chi connectivity index (χ4v) is 4.36. The van der Waals surface area contributed by atoms with Gasteiger partial charge in [-0.2, -0.15) is 0 Å². The van der Waals surface area contributed by atoms with Crippen molar-refractivity contribution in [3.63, 3.8) is 0 Å². The van der Waals surface area contributed by atoms with Gasteiger partial charge in [0.1, 0.15) is 5.58 Å². The van der Waals surface area contributed by atoms with Crippen molar-refractivity contribution in [3.8, 4) is 0 Å². The summed E-state index contributed by atoms with van der Waals surface area (Å²) in [5, 5.41) is 1.39. The molecule has 1 aromatic heterocycles. The number of hydrogen-bond donors (Lipinski definition) is 0. The van der Waals surface area contributed by atoms with Gasteiger partial charge in [-0.15, -0.1) is 5.06 Å². The third-order valence-corrected chi connectivity index (χ3v) is 6.32. The quantitative estimate of drug-likeness (QED) is 0.296. The second-order valence-corrected chi connectivity index (χ2v) is 9.01. The molecule has 0 saturated carbocycles. The average Bonchev–Trinajstić information content (AvgIpc) is 3.20. The third-order valence-electron chi connectivity index (χ3n) is 6.32. The summed E-state index contributed by atoms with van der Waals surface area (Å²) < 4.78 is 5.69. The molecule has 8 nitrogen and oxygen atoms in total. The minimum Gasteiger partial charge on any atom is -0.422 e. The van der Waals surface area contributed by atoms with Gasteiger partial charge < -0.3 is 14.2 Å². The number of fused-ring (bicyclic) bond motifs is 1. The maximum atomic E-state index is 12.8. The number of anilines is 1. The van der Waals surface area contributed by atoms with Crippen molar-refractivity contribution in [2.24, 2.45) is 0 Å². The van der Waals surface area contributed by atoms with Crippen LogP contribution in [0, 0.1) is 6.92 Å². The molecule has 192 valence electrons. The molecule has 0 atom stereocenters. The smallest absolute Gasteiger partial charge is 0.363 e. The number of carbonyl (C=O) groups is 3. The zero-order valence-corrected chi connectivity index (χ0v) is 21.3. The predicted octanol–water partition coefficient (Wildman–Crippen LogP) is 5.12. The van der Waals surface area contributed by atoms with E-state index in [2.05, 4.69) is 24.8 Å². The lowest BCUT2D eigenvalue weighted by molar-refractivity contribution is -0.172. The molecule has 2 heterocycles. The molecule has 0 aliphatic carbocycles. The highest BCUT2D eigenvalue weighted by molar-refractivity contribution is 6.02. The van der Waals surface area contributed by atoms with Crippen molar-refractivity contribution >= 4 is 46.6 Å². The van der Waals surface area contributed by atoms with Crippen LogP contribution in [0.1, 0.15) is 66.6 Å². The van der Waals surface area contributed by atoms with Gasteiger partial charge in [-0.25, -0.2) is 9.59 Å². The Morgan fingerprint density at radius 2 is 1.62 bits per heavy atom. The summed E-state index contributed by atoms with van der Waals surface area (Å²) >= 11 is 0. The molecule has 0 spiro atoms. The van der Waals surface area contributed by atoms with E-state index in [1.807, 2.05) is 19.1 Å². The number of aryl methyl sites for hydroxylation is 1. The average molecular weight is 503 g/mol. The van der Waals surface area contributed by atoms with Crippen LogP contribution in [-0.2, 0) is 14.4 Å². The van der Waals surface area contributed by atoms with Crippen molar-refractivity contribution in [2.45, 2.75) is 46.5 Å². The standard InChI is InChI=1S/C29H30N2O6/c1-4-16-30(17-5-2)22-11-13-23-19(3)24(29(35)36-25(23)18-22)12-8-20-6-9-21(10-7-20)28(34)37-31-26(32)14-15-27(31)33/h6-13,18H,4-5,14-17H2,1-3H3/b12-8+. The molecule has 2 amide bonds. The van der Waals surface area contributed by atoms with E-state index in [1.165, 1.54) is 12.1 Å². The lowest BCUT2D eigenvalue weighted by Crippen LogP contribution is -2.32. The Morgan fingerprint density at radius 1 is 0.973 bits per heavy atom. The summed E-state index contributed by atoms with van der Waals surface area (Å²) in [7, 11) is 0. The van der Waals surface area contributed by atoms with Crippen molar-refractivity contribution in [1.82, 2.24) is 5.06 Å². The highest BCUT2D eigenvalue weighted by Gasteiger charge is 2.33. The van der Waals surface area contributed by atoms with Gasteiger partial charge in [-0.05, 0) is 61.2 Å². The summed E-state index contributed by atoms with van der Waals surface area (Å²) in [5.41, 5.74) is 3.40. The first-order valence-corrected chi connectivity index (χ1v) is 12.5. The maximum Gasteiger partial charge on any atom is 0.363 e. The SMILES string of the molecule is CCCN(CCC)c1ccc2c(C)c(/C=C/c3ccc(C(=O)ON4C(=O)CCC4=O)cc3)c(=O)oc2c1. The minimum absolute atomic E-state index is 0.0370. The van der Waals surface area contributed by atoms with Crippen LogP contribution >= 0.6 is 0 Å². The van der Waals surface area contributed by atoms with Crippen LogP contribution in [0.5, 0.6) is 0 Å². The van der Waals surface area contributed by atoms with E-state index in [4.69, 9.17) is 9.25 Å². The molecule has 1 aliphatic rings. The monoisotopic (exact) mass is 502 g/mol. The van der Waals surface area contributed by atoms with Gasteiger partial charge in [-0.1, -0.05) is 32.1 Å². The van der Waals surface area contributed by atoms with Gasteiger partial charge in [0.05, 0.1) is 11.1 Å². The number of nitrogens with zero attached hydrogens (tertiary/aromatic N) is 2. The molecule has 0 N–H and O–H groups in total. The van der Waals surface area contributed by atoms with Crippen LogP contribution in [-0.4, -0.2) is 35.9 Å². The molecule has 2 aromatic carbocycles. The highest BCUT2D eigenvalue weighted by Crippen LogP contribution is 2.26.